The third-order valence-corrected chi connectivity index (χ3v) is 4.22. The molecule has 0 spiro atoms. The molecule has 1 aromatic rings. The summed E-state index contributed by atoms with van der Waals surface area (Å²) in [4.78, 5) is 25.1. The second-order valence-corrected chi connectivity index (χ2v) is 5.88. The number of benzene rings is 1. The Kier molecular flexibility index (Phi) is 5.48. The molecule has 1 aliphatic rings. The van der Waals surface area contributed by atoms with Crippen LogP contribution >= 0.6 is 0 Å². The van der Waals surface area contributed by atoms with Crippen molar-refractivity contribution in [3.05, 3.63) is 29.8 Å². The van der Waals surface area contributed by atoms with Crippen LogP contribution in [0.2, 0.25) is 0 Å². The number of carboxylic acids is 1. The molecule has 1 saturated heterocycles. The summed E-state index contributed by atoms with van der Waals surface area (Å²) in [6.07, 6.45) is -3.39. The zero-order valence-electron chi connectivity index (χ0n) is 13.1. The minimum atomic E-state index is -4.56. The SMILES string of the molecule is CC(C(=O)Nc1ccccc1C(F)(F)F)N1CCCC(C(=O)O)C1. The van der Waals surface area contributed by atoms with Crippen LogP contribution in [-0.4, -0.2) is 41.0 Å². The van der Waals surface area contributed by atoms with Gasteiger partial charge in [0.1, 0.15) is 0 Å². The molecular formula is C16H19F3N2O3. The first kappa shape index (κ1) is 18.3. The van der Waals surface area contributed by atoms with Crippen molar-refractivity contribution < 1.29 is 27.9 Å². The summed E-state index contributed by atoms with van der Waals surface area (Å²) in [6, 6.07) is 4.06. The van der Waals surface area contributed by atoms with E-state index in [1.807, 2.05) is 0 Å². The number of alkyl halides is 3. The van der Waals surface area contributed by atoms with Crippen molar-refractivity contribution in [1.29, 1.82) is 0 Å². The van der Waals surface area contributed by atoms with Gasteiger partial charge in [-0.3, -0.25) is 14.5 Å². The number of likely N-dealkylation sites (tertiary alicyclic amines) is 1. The number of nitrogens with zero attached hydrogens (tertiary/aromatic N) is 1. The van der Waals surface area contributed by atoms with Gasteiger partial charge >= 0.3 is 12.1 Å². The van der Waals surface area contributed by atoms with Gasteiger partial charge in [-0.2, -0.15) is 13.2 Å². The van der Waals surface area contributed by atoms with Gasteiger partial charge in [0, 0.05) is 6.54 Å². The lowest BCUT2D eigenvalue weighted by Gasteiger charge is -2.34. The van der Waals surface area contributed by atoms with Gasteiger partial charge in [0.15, 0.2) is 0 Å². The standard InChI is InChI=1S/C16H19F3N2O3/c1-10(21-8-4-5-11(9-21)15(23)24)14(22)20-13-7-3-2-6-12(13)16(17,18)19/h2-3,6-7,10-11H,4-5,8-9H2,1H3,(H,20,22)(H,23,24). The van der Waals surface area contributed by atoms with Gasteiger partial charge in [0.25, 0.3) is 0 Å². The fourth-order valence-corrected chi connectivity index (χ4v) is 2.80. The number of carbonyl (C=O) groups is 2. The topological polar surface area (TPSA) is 69.6 Å². The monoisotopic (exact) mass is 344 g/mol. The molecule has 1 heterocycles. The van der Waals surface area contributed by atoms with Gasteiger partial charge in [-0.05, 0) is 38.4 Å². The first-order valence-corrected chi connectivity index (χ1v) is 7.64. The molecule has 0 bridgehead atoms. The zero-order chi connectivity index (χ0) is 17.9. The van der Waals surface area contributed by atoms with E-state index in [0.717, 1.165) is 6.07 Å². The Bertz CT molecular complexity index is 619. The normalized spacial score (nSPS) is 20.4. The summed E-state index contributed by atoms with van der Waals surface area (Å²) < 4.78 is 38.9. The highest BCUT2D eigenvalue weighted by molar-refractivity contribution is 5.95. The summed E-state index contributed by atoms with van der Waals surface area (Å²) in [5.41, 5.74) is -1.21. The van der Waals surface area contributed by atoms with Crippen LogP contribution in [0, 0.1) is 5.92 Å². The van der Waals surface area contributed by atoms with Crippen molar-refractivity contribution in [2.45, 2.75) is 32.0 Å². The number of carboxylic acid groups (broad SMARTS) is 1. The second-order valence-electron chi connectivity index (χ2n) is 5.88. The predicted molar refractivity (Wildman–Crippen MR) is 81.5 cm³/mol. The molecule has 24 heavy (non-hydrogen) atoms. The maximum absolute atomic E-state index is 13.0. The Morgan fingerprint density at radius 2 is 2.00 bits per heavy atom. The van der Waals surface area contributed by atoms with Crippen molar-refractivity contribution in [3.63, 3.8) is 0 Å². The zero-order valence-corrected chi connectivity index (χ0v) is 13.1. The average molecular weight is 344 g/mol. The van der Waals surface area contributed by atoms with Crippen LogP contribution in [0.4, 0.5) is 18.9 Å². The molecule has 0 aliphatic carbocycles. The third-order valence-electron chi connectivity index (χ3n) is 4.22. The van der Waals surface area contributed by atoms with E-state index in [9.17, 15) is 22.8 Å². The number of halogens is 3. The van der Waals surface area contributed by atoms with E-state index in [-0.39, 0.29) is 12.2 Å². The molecule has 1 aliphatic heterocycles. The molecule has 8 heteroatoms. The number of aliphatic carboxylic acids is 1. The van der Waals surface area contributed by atoms with Crippen LogP contribution in [0.3, 0.4) is 0 Å². The Balaban J connectivity index is 2.09. The number of rotatable bonds is 4. The first-order valence-electron chi connectivity index (χ1n) is 7.64. The molecule has 2 atom stereocenters. The van der Waals surface area contributed by atoms with Gasteiger partial charge in [0.05, 0.1) is 23.2 Å². The number of nitrogens with one attached hydrogen (secondary N) is 1. The summed E-state index contributed by atoms with van der Waals surface area (Å²) in [5, 5.41) is 11.4. The molecular weight excluding hydrogens is 325 g/mol. The van der Waals surface area contributed by atoms with Crippen molar-refractivity contribution in [3.8, 4) is 0 Å². The van der Waals surface area contributed by atoms with E-state index < -0.39 is 35.6 Å². The van der Waals surface area contributed by atoms with Gasteiger partial charge in [-0.15, -0.1) is 0 Å². The number of para-hydroxylation sites is 1. The second kappa shape index (κ2) is 7.21. The number of anilines is 1. The molecule has 2 rings (SSSR count). The number of hydrogen-bond acceptors (Lipinski definition) is 3. The molecule has 1 amide bonds. The van der Waals surface area contributed by atoms with E-state index in [4.69, 9.17) is 5.11 Å². The van der Waals surface area contributed by atoms with Crippen LogP contribution in [-0.2, 0) is 15.8 Å². The fourth-order valence-electron chi connectivity index (χ4n) is 2.80. The molecule has 2 N–H and O–H groups in total. The van der Waals surface area contributed by atoms with E-state index in [0.29, 0.717) is 19.4 Å². The van der Waals surface area contributed by atoms with Crippen LogP contribution in [0.5, 0.6) is 0 Å². The van der Waals surface area contributed by atoms with Gasteiger partial charge in [-0.1, -0.05) is 12.1 Å². The molecule has 2 unspecified atom stereocenters. The van der Waals surface area contributed by atoms with E-state index >= 15 is 0 Å². The quantitative estimate of drug-likeness (QED) is 0.881. The highest BCUT2D eigenvalue weighted by Gasteiger charge is 2.35. The van der Waals surface area contributed by atoms with Crippen LogP contribution in [0.15, 0.2) is 24.3 Å². The first-order chi connectivity index (χ1) is 11.2. The number of carbonyl (C=O) groups excluding carboxylic acids is 1. The number of hydrogen-bond donors (Lipinski definition) is 2. The molecule has 132 valence electrons. The van der Waals surface area contributed by atoms with Crippen molar-refractivity contribution in [1.82, 2.24) is 4.90 Å². The highest BCUT2D eigenvalue weighted by atomic mass is 19.4. The molecule has 5 nitrogen and oxygen atoms in total. The molecule has 1 fully saturated rings. The van der Waals surface area contributed by atoms with E-state index in [2.05, 4.69) is 5.32 Å². The maximum Gasteiger partial charge on any atom is 0.418 e. The lowest BCUT2D eigenvalue weighted by molar-refractivity contribution is -0.144. The van der Waals surface area contributed by atoms with E-state index in [1.165, 1.54) is 18.2 Å². The van der Waals surface area contributed by atoms with E-state index in [1.54, 1.807) is 11.8 Å². The largest absolute Gasteiger partial charge is 0.481 e. The van der Waals surface area contributed by atoms with Crippen molar-refractivity contribution >= 4 is 17.6 Å². The summed E-state index contributed by atoms with van der Waals surface area (Å²) in [7, 11) is 0. The van der Waals surface area contributed by atoms with Crippen molar-refractivity contribution in [2.75, 3.05) is 18.4 Å². The Morgan fingerprint density at radius 1 is 1.33 bits per heavy atom. The Labute approximate surface area is 137 Å². The van der Waals surface area contributed by atoms with Crippen molar-refractivity contribution in [2.24, 2.45) is 5.92 Å². The minimum Gasteiger partial charge on any atom is -0.481 e. The number of amides is 1. The maximum atomic E-state index is 13.0. The van der Waals surface area contributed by atoms with Gasteiger partial charge < -0.3 is 10.4 Å². The van der Waals surface area contributed by atoms with Crippen LogP contribution < -0.4 is 5.32 Å². The highest BCUT2D eigenvalue weighted by Crippen LogP contribution is 2.34. The molecule has 0 saturated carbocycles. The van der Waals surface area contributed by atoms with Crippen LogP contribution in [0.25, 0.3) is 0 Å². The smallest absolute Gasteiger partial charge is 0.418 e. The summed E-state index contributed by atoms with van der Waals surface area (Å²) >= 11 is 0. The molecule has 0 aromatic heterocycles. The molecule has 0 radical (unpaired) electrons. The summed E-state index contributed by atoms with van der Waals surface area (Å²) in [5.74, 6) is -2.07. The Hall–Kier alpha value is -2.09. The minimum absolute atomic E-state index is 0.213. The molecule has 1 aromatic carbocycles. The lowest BCUT2D eigenvalue weighted by Crippen LogP contribution is -2.48. The third kappa shape index (κ3) is 4.25. The predicted octanol–water partition coefficient (Wildman–Crippen LogP) is 2.83. The van der Waals surface area contributed by atoms with Crippen LogP contribution in [0.1, 0.15) is 25.3 Å². The lowest BCUT2D eigenvalue weighted by atomic mass is 9.97. The average Bonchev–Trinajstić information content (AvgIpc) is 2.53. The fraction of sp³-hybridized carbons (Fsp3) is 0.500. The number of piperidine rings is 1. The summed E-state index contributed by atoms with van der Waals surface area (Å²) in [6.45, 7) is 2.32. The van der Waals surface area contributed by atoms with Gasteiger partial charge in [-0.25, -0.2) is 0 Å². The van der Waals surface area contributed by atoms with Gasteiger partial charge in [0.2, 0.25) is 5.91 Å². The Morgan fingerprint density at radius 3 is 2.62 bits per heavy atom.